The van der Waals surface area contributed by atoms with Gasteiger partial charge in [0.2, 0.25) is 0 Å². The van der Waals surface area contributed by atoms with Gasteiger partial charge in [-0.2, -0.15) is 0 Å². The molecule has 1 heterocycles. The molecule has 0 aromatic heterocycles. The van der Waals surface area contributed by atoms with E-state index in [1.165, 1.54) is 0 Å². The van der Waals surface area contributed by atoms with Gasteiger partial charge in [0.25, 0.3) is 8.05 Å². The lowest BCUT2D eigenvalue weighted by molar-refractivity contribution is -0.113. The molecular formula is C11H23BO4Si. The predicted octanol–water partition coefficient (Wildman–Crippen LogP) is 1.44. The summed E-state index contributed by atoms with van der Waals surface area (Å²) in [5.41, 5.74) is 0. The summed E-state index contributed by atoms with van der Waals surface area (Å²) in [4.78, 5) is 10.3. The minimum Gasteiger partial charge on any atom is -0.442 e. The summed E-state index contributed by atoms with van der Waals surface area (Å²) in [6.07, 6.45) is 0.332. The predicted molar refractivity (Wildman–Crippen MR) is 69.2 cm³/mol. The van der Waals surface area contributed by atoms with Crippen molar-refractivity contribution in [2.45, 2.75) is 50.8 Å². The second-order valence-corrected chi connectivity index (χ2v) is 10.4. The Morgan fingerprint density at radius 2 is 2.06 bits per heavy atom. The molecule has 0 aromatic rings. The fourth-order valence-electron chi connectivity index (χ4n) is 2.06. The third kappa shape index (κ3) is 3.32. The van der Waals surface area contributed by atoms with Crippen LogP contribution in [0.25, 0.3) is 0 Å². The van der Waals surface area contributed by atoms with Crippen molar-refractivity contribution in [2.75, 3.05) is 13.7 Å². The normalized spacial score (nSPS) is 30.8. The number of rotatable bonds is 5. The van der Waals surface area contributed by atoms with E-state index in [9.17, 15) is 4.80 Å². The van der Waals surface area contributed by atoms with E-state index >= 15 is 0 Å². The summed E-state index contributed by atoms with van der Waals surface area (Å²) in [5.74, 6) is 0.0684. The van der Waals surface area contributed by atoms with Crippen LogP contribution in [0.5, 0.6) is 0 Å². The standard InChI is InChI=1S/C11H23BO4Si/c1-11(2,17(4,5)13)6-8-9(16-12)7-15-10(8)14-3/h8-10,13H,6-7H2,1-5H3/t8-,9+,10?/m1/s1. The molecular weight excluding hydrogens is 235 g/mol. The van der Waals surface area contributed by atoms with E-state index < -0.39 is 8.32 Å². The Morgan fingerprint density at radius 3 is 2.47 bits per heavy atom. The van der Waals surface area contributed by atoms with E-state index in [1.54, 1.807) is 7.11 Å². The molecule has 0 saturated carbocycles. The van der Waals surface area contributed by atoms with Crippen molar-refractivity contribution in [3.8, 4) is 0 Å². The molecule has 4 nitrogen and oxygen atoms in total. The maximum atomic E-state index is 10.3. The van der Waals surface area contributed by atoms with Crippen LogP contribution in [-0.2, 0) is 14.1 Å². The molecule has 0 amide bonds. The Labute approximate surface area is 106 Å². The van der Waals surface area contributed by atoms with Gasteiger partial charge < -0.3 is 18.9 Å². The maximum absolute atomic E-state index is 10.3. The molecule has 1 rings (SSSR count). The fourth-order valence-corrected chi connectivity index (χ4v) is 2.80. The van der Waals surface area contributed by atoms with Crippen LogP contribution in [0.2, 0.25) is 18.1 Å². The number of hydrogen-bond acceptors (Lipinski definition) is 4. The van der Waals surface area contributed by atoms with Crippen LogP contribution < -0.4 is 0 Å². The second kappa shape index (κ2) is 5.40. The van der Waals surface area contributed by atoms with Crippen molar-refractivity contribution in [3.63, 3.8) is 0 Å². The van der Waals surface area contributed by atoms with Gasteiger partial charge in [0.05, 0.1) is 12.7 Å². The number of ether oxygens (including phenoxy) is 2. The monoisotopic (exact) mass is 258 g/mol. The molecule has 0 bridgehead atoms. The van der Waals surface area contributed by atoms with Gasteiger partial charge in [-0.25, -0.2) is 0 Å². The zero-order chi connectivity index (χ0) is 13.3. The van der Waals surface area contributed by atoms with Crippen LogP contribution in [0.15, 0.2) is 0 Å². The molecule has 2 radical (unpaired) electrons. The highest BCUT2D eigenvalue weighted by Crippen LogP contribution is 2.45. The molecule has 1 aliphatic heterocycles. The van der Waals surface area contributed by atoms with E-state index in [1.807, 2.05) is 13.1 Å². The lowest BCUT2D eigenvalue weighted by atomic mass is 9.92. The maximum Gasteiger partial charge on any atom is 0.283 e. The summed E-state index contributed by atoms with van der Waals surface area (Å²) in [5, 5.41) is -0.140. The van der Waals surface area contributed by atoms with Gasteiger partial charge >= 0.3 is 0 Å². The first kappa shape index (κ1) is 15.2. The van der Waals surface area contributed by atoms with Gasteiger partial charge in [-0.05, 0) is 24.6 Å². The second-order valence-electron chi connectivity index (χ2n) is 5.92. The smallest absolute Gasteiger partial charge is 0.283 e. The quantitative estimate of drug-likeness (QED) is 0.758. The Balaban J connectivity index is 2.77. The molecule has 98 valence electrons. The Hall–Kier alpha value is 0.122. The molecule has 6 heteroatoms. The molecule has 1 unspecified atom stereocenters. The van der Waals surface area contributed by atoms with Crippen molar-refractivity contribution < 1.29 is 18.9 Å². The highest BCUT2D eigenvalue weighted by molar-refractivity contribution is 6.72. The molecule has 1 aliphatic rings. The van der Waals surface area contributed by atoms with E-state index in [2.05, 4.69) is 13.8 Å². The van der Waals surface area contributed by atoms with Gasteiger partial charge in [0, 0.05) is 13.0 Å². The molecule has 0 aromatic carbocycles. The summed E-state index contributed by atoms with van der Waals surface area (Å²) in [6.45, 7) is 8.50. The van der Waals surface area contributed by atoms with Crippen molar-refractivity contribution >= 4 is 16.4 Å². The number of hydrogen-bond donors (Lipinski definition) is 1. The first-order valence-corrected chi connectivity index (χ1v) is 8.90. The first-order chi connectivity index (χ1) is 7.73. The topological polar surface area (TPSA) is 47.9 Å². The summed E-state index contributed by atoms with van der Waals surface area (Å²) in [6, 6.07) is 0. The molecule has 3 atom stereocenters. The molecule has 0 spiro atoms. The van der Waals surface area contributed by atoms with E-state index in [0.717, 1.165) is 6.42 Å². The zero-order valence-electron chi connectivity index (χ0n) is 11.4. The van der Waals surface area contributed by atoms with Gasteiger partial charge in [0.1, 0.15) is 0 Å². The van der Waals surface area contributed by atoms with Crippen LogP contribution >= 0.6 is 0 Å². The average molecular weight is 258 g/mol. The van der Waals surface area contributed by atoms with Crippen LogP contribution in [-0.4, -0.2) is 47.3 Å². The molecule has 17 heavy (non-hydrogen) atoms. The van der Waals surface area contributed by atoms with Crippen LogP contribution in [0, 0.1) is 5.92 Å². The molecule has 1 fully saturated rings. The van der Waals surface area contributed by atoms with Gasteiger partial charge in [-0.15, -0.1) is 0 Å². The van der Waals surface area contributed by atoms with Crippen molar-refractivity contribution in [3.05, 3.63) is 0 Å². The Kier molecular flexibility index (Phi) is 4.82. The summed E-state index contributed by atoms with van der Waals surface area (Å²) >= 11 is 0. The third-order valence-corrected chi connectivity index (χ3v) is 7.58. The van der Waals surface area contributed by atoms with Crippen molar-refractivity contribution in [1.82, 2.24) is 0 Å². The minimum atomic E-state index is -2.24. The number of methoxy groups -OCH3 is 1. The first-order valence-electron chi connectivity index (χ1n) is 5.95. The van der Waals surface area contributed by atoms with Crippen LogP contribution in [0.4, 0.5) is 0 Å². The van der Waals surface area contributed by atoms with Gasteiger partial charge in [-0.3, -0.25) is 0 Å². The molecule has 1 saturated heterocycles. The van der Waals surface area contributed by atoms with Crippen LogP contribution in [0.3, 0.4) is 0 Å². The SMILES string of the molecule is [B]O[C@H]1COC(OC)[C@@H]1CC(C)(C)[Si](C)(C)O. The van der Waals surface area contributed by atoms with E-state index in [-0.39, 0.29) is 23.4 Å². The summed E-state index contributed by atoms with van der Waals surface area (Å²) < 4.78 is 15.7. The van der Waals surface area contributed by atoms with E-state index in [4.69, 9.17) is 22.2 Å². The lowest BCUT2D eigenvalue weighted by Crippen LogP contribution is -2.42. The highest BCUT2D eigenvalue weighted by atomic mass is 28.4. The van der Waals surface area contributed by atoms with Crippen molar-refractivity contribution in [1.29, 1.82) is 0 Å². The lowest BCUT2D eigenvalue weighted by Gasteiger charge is -2.38. The van der Waals surface area contributed by atoms with E-state index in [0.29, 0.717) is 6.61 Å². The largest absolute Gasteiger partial charge is 0.442 e. The highest BCUT2D eigenvalue weighted by Gasteiger charge is 2.46. The zero-order valence-corrected chi connectivity index (χ0v) is 12.4. The Bertz CT molecular complexity index is 242. The van der Waals surface area contributed by atoms with Crippen molar-refractivity contribution in [2.24, 2.45) is 5.92 Å². The molecule has 1 N–H and O–H groups in total. The van der Waals surface area contributed by atoms with Gasteiger partial charge in [-0.1, -0.05) is 13.8 Å². The average Bonchev–Trinajstić information content (AvgIpc) is 2.57. The Morgan fingerprint density at radius 1 is 1.47 bits per heavy atom. The minimum absolute atomic E-state index is 0.0684. The van der Waals surface area contributed by atoms with Crippen LogP contribution in [0.1, 0.15) is 20.3 Å². The third-order valence-electron chi connectivity index (χ3n) is 4.06. The fraction of sp³-hybridized carbons (Fsp3) is 1.00. The van der Waals surface area contributed by atoms with Gasteiger partial charge in [0.15, 0.2) is 14.6 Å². The molecule has 0 aliphatic carbocycles. The summed E-state index contributed by atoms with van der Waals surface area (Å²) in [7, 11) is 4.65.